The first kappa shape index (κ1) is 77.8. The third-order valence-electron chi connectivity index (χ3n) is 16.5. The lowest BCUT2D eigenvalue weighted by atomic mass is 9.71. The van der Waals surface area contributed by atoms with Gasteiger partial charge in [-0.1, -0.05) is 58.4 Å². The number of amidine groups is 1. The first-order chi connectivity index (χ1) is 49.9. The van der Waals surface area contributed by atoms with Gasteiger partial charge in [-0.05, 0) is 174 Å². The minimum Gasteiger partial charge on any atom is -0.400 e. The number of nitrogens with two attached hydrogens (primary N) is 2. The molecule has 0 saturated carbocycles. The van der Waals surface area contributed by atoms with Crippen LogP contribution < -0.4 is 58.1 Å². The van der Waals surface area contributed by atoms with Gasteiger partial charge in [0.25, 0.3) is 5.91 Å². The lowest BCUT2D eigenvalue weighted by molar-refractivity contribution is -0.116. The van der Waals surface area contributed by atoms with Crippen LogP contribution >= 0.6 is 46.9 Å². The third-order valence-corrected chi connectivity index (χ3v) is 19.5. The van der Waals surface area contributed by atoms with Crippen LogP contribution in [0.3, 0.4) is 0 Å². The van der Waals surface area contributed by atoms with Crippen molar-refractivity contribution in [2.75, 3.05) is 94.3 Å². The number of β-amino-alcohol motifs (C(OH)–C–C–N with tert-alkyl or cyclic N) is 1. The zero-order chi connectivity index (χ0) is 75.2. The summed E-state index contributed by atoms with van der Waals surface area (Å²) < 4.78 is 5.00. The van der Waals surface area contributed by atoms with Crippen LogP contribution in [0.2, 0.25) is 5.02 Å². The molecule has 0 spiro atoms. The average Bonchev–Trinajstić information content (AvgIpc) is 0.845. The van der Waals surface area contributed by atoms with E-state index >= 15 is 0 Å². The average molecular weight is 1520 g/mol. The molecule has 105 heavy (non-hydrogen) atoms. The number of methoxy groups -OCH3 is 1. The fraction of sp³-hybridized carbons (Fsp3) is 0.351. The second-order valence-corrected chi connectivity index (χ2v) is 31.4. The summed E-state index contributed by atoms with van der Waals surface area (Å²) in [5.74, 6) is 5.47. The number of nitrogens with zero attached hydrogens (tertiary/aromatic N) is 12. The molecule has 13 N–H and O–H groups in total. The summed E-state index contributed by atoms with van der Waals surface area (Å²) in [5, 5.41) is 46.3. The molecule has 31 heteroatoms. The molecule has 3 fully saturated rings. The third kappa shape index (κ3) is 22.4. The van der Waals surface area contributed by atoms with Crippen molar-refractivity contribution in [1.29, 1.82) is 0 Å². The molecule has 12 rings (SSSR count). The van der Waals surface area contributed by atoms with Crippen molar-refractivity contribution in [2.45, 2.75) is 142 Å². The molecule has 4 aromatic carbocycles. The Morgan fingerprint density at radius 3 is 1.49 bits per heavy atom. The van der Waals surface area contributed by atoms with Crippen LogP contribution in [0.5, 0.6) is 0 Å². The number of carbonyl (C=O) groups is 3. The minimum absolute atomic E-state index is 0. The Labute approximate surface area is 643 Å². The van der Waals surface area contributed by atoms with Crippen LogP contribution in [0.1, 0.15) is 116 Å². The lowest BCUT2D eigenvalue weighted by Crippen LogP contribution is -2.71. The molecule has 0 atom stereocenters. The Kier molecular flexibility index (Phi) is 25.5. The van der Waals surface area contributed by atoms with Gasteiger partial charge in [0, 0.05) is 150 Å². The number of nitrogens with one attached hydrogen (secondary N) is 8. The smallest absolute Gasteiger partial charge is 0.257 e. The summed E-state index contributed by atoms with van der Waals surface area (Å²) in [7, 11) is 1.56. The van der Waals surface area contributed by atoms with E-state index < -0.39 is 5.60 Å². The molecule has 27 nitrogen and oxygen atoms in total. The quantitative estimate of drug-likeness (QED) is 0.0152. The van der Waals surface area contributed by atoms with Crippen LogP contribution in [0.4, 0.5) is 63.6 Å². The van der Waals surface area contributed by atoms with Crippen molar-refractivity contribution < 1.29 is 37.1 Å². The minimum atomic E-state index is -0.767. The summed E-state index contributed by atoms with van der Waals surface area (Å²) in [5.41, 5.74) is 16.0. The van der Waals surface area contributed by atoms with E-state index in [1.807, 2.05) is 152 Å². The highest BCUT2D eigenvalue weighted by molar-refractivity contribution is 7.99. The van der Waals surface area contributed by atoms with Gasteiger partial charge >= 0.3 is 0 Å². The molecule has 0 aliphatic carbocycles. The number of ether oxygens (including phenoxy) is 1. The van der Waals surface area contributed by atoms with Crippen LogP contribution in [0.15, 0.2) is 174 Å². The van der Waals surface area contributed by atoms with Gasteiger partial charge in [0.2, 0.25) is 11.8 Å². The van der Waals surface area contributed by atoms with E-state index in [9.17, 15) is 19.5 Å². The number of amides is 3. The number of hydrogen-bond donors (Lipinski definition) is 11. The van der Waals surface area contributed by atoms with Crippen molar-refractivity contribution in [3.05, 3.63) is 161 Å². The summed E-state index contributed by atoms with van der Waals surface area (Å²) in [4.78, 5) is 77.7. The van der Waals surface area contributed by atoms with E-state index in [2.05, 4.69) is 110 Å². The van der Waals surface area contributed by atoms with Gasteiger partial charge in [-0.25, -0.2) is 34.9 Å². The van der Waals surface area contributed by atoms with Gasteiger partial charge in [-0.2, -0.15) is 10.2 Å². The maximum absolute atomic E-state index is 12.5. The number of aliphatic imine (C=N–C) groups is 1. The van der Waals surface area contributed by atoms with Gasteiger partial charge < -0.3 is 67.9 Å². The maximum Gasteiger partial charge on any atom is 0.257 e. The van der Waals surface area contributed by atoms with Crippen molar-refractivity contribution in [1.82, 2.24) is 55.6 Å². The highest BCUT2D eigenvalue weighted by Gasteiger charge is 2.50. The van der Waals surface area contributed by atoms with Crippen molar-refractivity contribution >= 4 is 134 Å². The molecule has 3 aliphatic heterocycles. The summed E-state index contributed by atoms with van der Waals surface area (Å²) in [6, 6.07) is 39.1. The van der Waals surface area contributed by atoms with E-state index in [4.69, 9.17) is 47.7 Å². The number of hydrogen-bond acceptors (Lipinski definition) is 24. The van der Waals surface area contributed by atoms with E-state index in [0.29, 0.717) is 92.5 Å². The largest absolute Gasteiger partial charge is 0.400 e. The summed E-state index contributed by atoms with van der Waals surface area (Å²) in [6.07, 6.45) is 3.55. The van der Waals surface area contributed by atoms with Crippen molar-refractivity contribution in [2.24, 2.45) is 21.9 Å². The second-order valence-electron chi connectivity index (χ2n) is 27.9. The zero-order valence-corrected chi connectivity index (χ0v) is 64.2. The molecule has 0 radical (unpaired) electrons. The number of aromatic nitrogens is 10. The van der Waals surface area contributed by atoms with Crippen LogP contribution in [-0.2, 0) is 14.3 Å². The highest BCUT2D eigenvalue weighted by Crippen LogP contribution is 2.42. The van der Waals surface area contributed by atoms with Gasteiger partial charge in [-0.3, -0.25) is 24.6 Å². The Morgan fingerprint density at radius 2 is 1.08 bits per heavy atom. The topological polar surface area (TPSA) is 362 Å². The number of anilines is 10. The number of aromatic amines is 2. The van der Waals surface area contributed by atoms with Gasteiger partial charge in [-0.15, -0.1) is 0 Å². The first-order valence-corrected chi connectivity index (χ1v) is 37.1. The van der Waals surface area contributed by atoms with Crippen LogP contribution in [0, 0.1) is 19.3 Å². The number of halogens is 1. The van der Waals surface area contributed by atoms with E-state index in [0.717, 1.165) is 87.5 Å². The molecular weight excluding hydrogens is 1410 g/mol. The number of rotatable bonds is 24. The molecule has 3 aliphatic rings. The highest BCUT2D eigenvalue weighted by atomic mass is 35.5. The van der Waals surface area contributed by atoms with Crippen molar-refractivity contribution in [3.8, 4) is 0 Å². The van der Waals surface area contributed by atoms with Gasteiger partial charge in [0.05, 0.1) is 35.8 Å². The molecule has 3 amide bonds. The fourth-order valence-corrected chi connectivity index (χ4v) is 13.5. The second kappa shape index (κ2) is 34.4. The van der Waals surface area contributed by atoms with Crippen molar-refractivity contribution in [3.63, 3.8) is 0 Å². The molecule has 3 saturated heterocycles. The van der Waals surface area contributed by atoms with Crippen LogP contribution in [0.25, 0.3) is 0 Å². The molecule has 5 aromatic heterocycles. The lowest BCUT2D eigenvalue weighted by Gasteiger charge is -2.54. The Hall–Kier alpha value is -9.82. The van der Waals surface area contributed by atoms with E-state index in [1.165, 1.54) is 35.3 Å². The molecule has 0 unspecified atom stereocenters. The monoisotopic (exact) mass is 1520 g/mol. The normalized spacial score (nSPS) is 14.6. The summed E-state index contributed by atoms with van der Waals surface area (Å²) in [6.45, 7) is 27.3. The molecule has 8 heterocycles. The molecular formula is C74H109ClN22O5S3. The van der Waals surface area contributed by atoms with E-state index in [-0.39, 0.29) is 59.5 Å². The van der Waals surface area contributed by atoms with Crippen LogP contribution in [-0.4, -0.2) is 149 Å². The SMILES string of the molecule is CCC(=O)Nc1ccc(Sc2nc(Nc3cc(C)[nH]n3)cc(N3CC(C)(NC(C)(C)C)C3)n2)cc1.CCC(=O)Nc1ccc(Sc2nc(Nc3cc(C)[nH]n3)cc(N3CC(O)(C(C)(C)C)C3)n2)cc1.COC/C(N)=C/C(N)=Nc1cc(N2CCC2)nc(Sc2ccc(NC(=O)c3ccccc3Cl)cc2)n1.[HH].[HH].[HH].[HH].[HH].[HH].[HH].[HH].[HH]. The molecule has 570 valence electrons. The Balaban J connectivity index is 0.000000823. The number of benzene rings is 4. The number of aliphatic hydroxyl groups is 1. The first-order valence-electron chi connectivity index (χ1n) is 34.3. The number of H-pyrrole nitrogens is 2. The molecule has 9 aromatic rings. The number of aryl methyl sites for hydroxylation is 2. The Morgan fingerprint density at radius 1 is 0.629 bits per heavy atom. The predicted octanol–water partition coefficient (Wildman–Crippen LogP) is 15.5. The summed E-state index contributed by atoms with van der Waals surface area (Å²) >= 11 is 10.4. The standard InChI is InChI=1S/C25H26ClN7O2S.C25H34N8OS.C24H31N7O2S.9H2/c1-35-15-16(27)13-21(28)30-22-14-23(33-11-4-12-33)32-25(31-22)36-18-9-7-17(8-10-18)29-24(34)19-5-2-3-6-20(19)26;1-7-22(34)26-17-8-10-18(11-9-17)35-23-28-19(27-20-12-16(2)30-31-20)13-21(29-23)33-14-25(6,15-33)32-24(3,4)5;1-6-21(32)25-16-7-9-17(10-8-16)34-22-27-18(26-19-11-15(2)29-30-19)12-20(28-22)31-13-24(33,14-31)23(3,4)5;;;;;;;;;/h2-3,5-10,13-14H,4,11-12,15,27H2,1H3,(H,29,34)(H2,28,30,31,32);8-13,32H,7,14-15H2,1-6H3,(H,26,34)(H2,27,28,29,30,31);7-12,33H,6,13-14H2,1-5H3,(H,25,32)(H2,26,27,28,29,30);9*1H/b16-13-;;;;;;;;;;;. The Bertz CT molecular complexity index is 4590. The fourth-order valence-electron chi connectivity index (χ4n) is 11.0. The van der Waals surface area contributed by atoms with E-state index in [1.54, 1.807) is 37.5 Å². The predicted molar refractivity (Wildman–Crippen MR) is 440 cm³/mol. The van der Waals surface area contributed by atoms with Gasteiger partial charge in [0.1, 0.15) is 40.5 Å². The maximum atomic E-state index is 12.5. The number of carbonyl (C=O) groups excluding carboxylic acids is 3. The van der Waals surface area contributed by atoms with Gasteiger partial charge in [0.15, 0.2) is 32.9 Å². The zero-order valence-electron chi connectivity index (χ0n) is 61.0. The molecule has 0 bridgehead atoms.